The molecule has 0 aliphatic carbocycles. The fourth-order valence-corrected chi connectivity index (χ4v) is 1.76. The van der Waals surface area contributed by atoms with Gasteiger partial charge in [0.2, 0.25) is 0 Å². The van der Waals surface area contributed by atoms with Crippen molar-refractivity contribution in [3.05, 3.63) is 47.7 Å². The number of nitrogens with zero attached hydrogens (tertiary/aromatic N) is 5. The Hall–Kier alpha value is -2.94. The van der Waals surface area contributed by atoms with Crippen molar-refractivity contribution in [3.8, 4) is 6.07 Å². The zero-order valence-electron chi connectivity index (χ0n) is 12.1. The molecule has 0 fully saturated rings. The van der Waals surface area contributed by atoms with Crippen LogP contribution in [0.2, 0.25) is 0 Å². The van der Waals surface area contributed by atoms with Gasteiger partial charge in [0.1, 0.15) is 0 Å². The van der Waals surface area contributed by atoms with Crippen LogP contribution in [0.4, 0.5) is 11.5 Å². The molecule has 0 N–H and O–H groups in total. The lowest BCUT2D eigenvalue weighted by Crippen LogP contribution is -2.23. The second-order valence-corrected chi connectivity index (χ2v) is 4.70. The summed E-state index contributed by atoms with van der Waals surface area (Å²) in [5.41, 5.74) is 1.70. The number of hydrogen-bond acceptors (Lipinski definition) is 5. The largest absolute Gasteiger partial charge is 0.343 e. The standard InChI is InChI=1S/C15H15N5O/c1-19(2)15(21)13-7-8-14(18-17-13)20(3)12-6-4-5-11(9-12)10-16/h4-9H,1-3H3. The third kappa shape index (κ3) is 3.15. The summed E-state index contributed by atoms with van der Waals surface area (Å²) in [6, 6.07) is 12.6. The lowest BCUT2D eigenvalue weighted by molar-refractivity contribution is 0.0821. The zero-order chi connectivity index (χ0) is 15.4. The Balaban J connectivity index is 2.26. The molecule has 6 nitrogen and oxygen atoms in total. The molecule has 1 amide bonds. The van der Waals surface area contributed by atoms with Crippen LogP contribution in [0.15, 0.2) is 36.4 Å². The highest BCUT2D eigenvalue weighted by molar-refractivity contribution is 5.91. The number of nitriles is 1. The Bertz CT molecular complexity index is 688. The van der Waals surface area contributed by atoms with E-state index in [4.69, 9.17) is 5.26 Å². The van der Waals surface area contributed by atoms with Crippen molar-refractivity contribution in [3.63, 3.8) is 0 Å². The summed E-state index contributed by atoms with van der Waals surface area (Å²) in [5.74, 6) is 0.406. The molecule has 0 saturated carbocycles. The Morgan fingerprint density at radius 3 is 2.48 bits per heavy atom. The number of amides is 1. The number of anilines is 2. The van der Waals surface area contributed by atoms with Gasteiger partial charge in [-0.25, -0.2) is 0 Å². The lowest BCUT2D eigenvalue weighted by Gasteiger charge is -2.18. The van der Waals surface area contributed by atoms with Gasteiger partial charge >= 0.3 is 0 Å². The van der Waals surface area contributed by atoms with E-state index in [2.05, 4.69) is 16.3 Å². The summed E-state index contributed by atoms with van der Waals surface area (Å²) in [5, 5.41) is 16.9. The van der Waals surface area contributed by atoms with Crippen LogP contribution in [0.1, 0.15) is 16.1 Å². The third-order valence-electron chi connectivity index (χ3n) is 2.98. The number of benzene rings is 1. The van der Waals surface area contributed by atoms with Crippen molar-refractivity contribution in [2.24, 2.45) is 0 Å². The van der Waals surface area contributed by atoms with Gasteiger partial charge in [0.15, 0.2) is 11.5 Å². The van der Waals surface area contributed by atoms with Crippen molar-refractivity contribution >= 4 is 17.4 Å². The molecule has 0 unspecified atom stereocenters. The topological polar surface area (TPSA) is 73.1 Å². The van der Waals surface area contributed by atoms with E-state index >= 15 is 0 Å². The molecule has 21 heavy (non-hydrogen) atoms. The van der Waals surface area contributed by atoms with E-state index in [1.165, 1.54) is 4.90 Å². The smallest absolute Gasteiger partial charge is 0.273 e. The van der Waals surface area contributed by atoms with Crippen LogP contribution in [0.5, 0.6) is 0 Å². The fourth-order valence-electron chi connectivity index (χ4n) is 1.76. The Morgan fingerprint density at radius 1 is 1.14 bits per heavy atom. The first kappa shape index (κ1) is 14.5. The molecule has 6 heteroatoms. The first-order valence-corrected chi connectivity index (χ1v) is 6.32. The minimum atomic E-state index is -0.191. The molecular weight excluding hydrogens is 266 g/mol. The summed E-state index contributed by atoms with van der Waals surface area (Å²) in [6.07, 6.45) is 0. The third-order valence-corrected chi connectivity index (χ3v) is 2.98. The lowest BCUT2D eigenvalue weighted by atomic mass is 10.2. The number of rotatable bonds is 3. The van der Waals surface area contributed by atoms with E-state index < -0.39 is 0 Å². The van der Waals surface area contributed by atoms with Crippen LogP contribution < -0.4 is 4.90 Å². The van der Waals surface area contributed by atoms with E-state index in [1.54, 1.807) is 43.3 Å². The van der Waals surface area contributed by atoms with Gasteiger partial charge in [0.05, 0.1) is 11.6 Å². The van der Waals surface area contributed by atoms with Crippen LogP contribution in [0.25, 0.3) is 0 Å². The SMILES string of the molecule is CN(C)C(=O)c1ccc(N(C)c2cccc(C#N)c2)nn1. The highest BCUT2D eigenvalue weighted by Gasteiger charge is 2.12. The number of carbonyl (C=O) groups is 1. The van der Waals surface area contributed by atoms with Crippen LogP contribution in [0.3, 0.4) is 0 Å². The summed E-state index contributed by atoms with van der Waals surface area (Å²) in [6.45, 7) is 0. The molecule has 0 aliphatic rings. The highest BCUT2D eigenvalue weighted by atomic mass is 16.2. The van der Waals surface area contributed by atoms with Gasteiger partial charge in [-0.3, -0.25) is 4.79 Å². The van der Waals surface area contributed by atoms with Crippen LogP contribution in [0, 0.1) is 11.3 Å². The number of hydrogen-bond donors (Lipinski definition) is 0. The van der Waals surface area contributed by atoms with Crippen molar-refractivity contribution in [2.75, 3.05) is 26.0 Å². The van der Waals surface area contributed by atoms with E-state index in [-0.39, 0.29) is 5.91 Å². The summed E-state index contributed by atoms with van der Waals surface area (Å²) in [7, 11) is 5.16. The predicted octanol–water partition coefficient (Wildman–Crippen LogP) is 1.82. The maximum atomic E-state index is 11.8. The average Bonchev–Trinajstić information content (AvgIpc) is 2.53. The molecule has 1 aromatic heterocycles. The predicted molar refractivity (Wildman–Crippen MR) is 79.3 cm³/mol. The molecule has 0 bridgehead atoms. The van der Waals surface area contributed by atoms with Crippen molar-refractivity contribution < 1.29 is 4.79 Å². The van der Waals surface area contributed by atoms with E-state index in [1.807, 2.05) is 19.2 Å². The molecule has 0 saturated heterocycles. The summed E-state index contributed by atoms with van der Waals surface area (Å²) < 4.78 is 0. The molecule has 0 atom stereocenters. The first-order chi connectivity index (χ1) is 10.0. The first-order valence-electron chi connectivity index (χ1n) is 6.32. The summed E-state index contributed by atoms with van der Waals surface area (Å²) in [4.78, 5) is 15.0. The number of carbonyl (C=O) groups excluding carboxylic acids is 1. The Labute approximate surface area is 123 Å². The van der Waals surface area contributed by atoms with E-state index in [0.717, 1.165) is 5.69 Å². The van der Waals surface area contributed by atoms with Crippen molar-refractivity contribution in [1.82, 2.24) is 15.1 Å². The minimum Gasteiger partial charge on any atom is -0.343 e. The molecule has 1 heterocycles. The average molecular weight is 281 g/mol. The summed E-state index contributed by atoms with van der Waals surface area (Å²) >= 11 is 0. The van der Waals surface area contributed by atoms with Gasteiger partial charge in [-0.2, -0.15) is 5.26 Å². The van der Waals surface area contributed by atoms with E-state index in [9.17, 15) is 4.79 Å². The van der Waals surface area contributed by atoms with Gasteiger partial charge < -0.3 is 9.80 Å². The molecule has 106 valence electrons. The normalized spacial score (nSPS) is 9.81. The second-order valence-electron chi connectivity index (χ2n) is 4.70. The van der Waals surface area contributed by atoms with Gasteiger partial charge in [0.25, 0.3) is 5.91 Å². The van der Waals surface area contributed by atoms with Crippen LogP contribution in [-0.4, -0.2) is 42.1 Å². The molecule has 0 spiro atoms. The van der Waals surface area contributed by atoms with Crippen molar-refractivity contribution in [1.29, 1.82) is 5.26 Å². The Kier molecular flexibility index (Phi) is 4.14. The minimum absolute atomic E-state index is 0.191. The van der Waals surface area contributed by atoms with Gasteiger partial charge in [-0.05, 0) is 30.3 Å². The monoisotopic (exact) mass is 281 g/mol. The molecule has 2 aromatic rings. The zero-order valence-corrected chi connectivity index (χ0v) is 12.1. The number of aromatic nitrogens is 2. The van der Waals surface area contributed by atoms with Crippen LogP contribution in [-0.2, 0) is 0 Å². The molecule has 2 rings (SSSR count). The molecule has 1 aromatic carbocycles. The van der Waals surface area contributed by atoms with E-state index in [0.29, 0.717) is 17.1 Å². The fraction of sp³-hybridized carbons (Fsp3) is 0.200. The maximum Gasteiger partial charge on any atom is 0.273 e. The van der Waals surface area contributed by atoms with Crippen LogP contribution >= 0.6 is 0 Å². The van der Waals surface area contributed by atoms with Gasteiger partial charge in [-0.15, -0.1) is 10.2 Å². The molecule has 0 aliphatic heterocycles. The highest BCUT2D eigenvalue weighted by Crippen LogP contribution is 2.21. The maximum absolute atomic E-state index is 11.8. The van der Waals surface area contributed by atoms with Gasteiger partial charge in [-0.1, -0.05) is 6.07 Å². The van der Waals surface area contributed by atoms with Gasteiger partial charge in [0, 0.05) is 26.8 Å². The quantitative estimate of drug-likeness (QED) is 0.858. The second kappa shape index (κ2) is 6.01. The Morgan fingerprint density at radius 2 is 1.90 bits per heavy atom. The molecular formula is C15H15N5O. The molecule has 0 radical (unpaired) electrons. The van der Waals surface area contributed by atoms with Crippen molar-refractivity contribution in [2.45, 2.75) is 0 Å².